The van der Waals surface area contributed by atoms with Gasteiger partial charge in [0, 0.05) is 0 Å². The van der Waals surface area contributed by atoms with Crippen LogP contribution in [-0.2, 0) is 6.18 Å². The van der Waals surface area contributed by atoms with E-state index >= 15 is 0 Å². The van der Waals surface area contributed by atoms with Gasteiger partial charge < -0.3 is 0 Å². The van der Waals surface area contributed by atoms with Crippen molar-refractivity contribution in [2.24, 2.45) is 0 Å². The molecule has 1 aromatic carbocycles. The number of hydrogen-bond acceptors (Lipinski definition) is 2. The Kier molecular flexibility index (Phi) is 3.90. The van der Waals surface area contributed by atoms with E-state index < -0.39 is 11.7 Å². The molecular weight excluding hydrogens is 229 g/mol. The van der Waals surface area contributed by atoms with Gasteiger partial charge in [0.05, 0.1) is 29.7 Å². The quantitative estimate of drug-likeness (QED) is 0.788. The number of allylic oxidation sites excluding steroid dienone is 1. The average molecular weight is 236 g/mol. The summed E-state index contributed by atoms with van der Waals surface area (Å²) in [5.41, 5.74) is -0.545. The van der Waals surface area contributed by atoms with Gasteiger partial charge in [0.15, 0.2) is 0 Å². The second-order valence-electron chi connectivity index (χ2n) is 3.18. The molecule has 0 heterocycles. The number of halogens is 3. The molecule has 1 aromatic rings. The van der Waals surface area contributed by atoms with E-state index in [1.165, 1.54) is 18.2 Å². The van der Waals surface area contributed by atoms with Crippen LogP contribution >= 0.6 is 0 Å². The van der Waals surface area contributed by atoms with Gasteiger partial charge >= 0.3 is 6.18 Å². The highest BCUT2D eigenvalue weighted by Crippen LogP contribution is 2.30. The number of alkyl halides is 3. The summed E-state index contributed by atoms with van der Waals surface area (Å²) in [4.78, 5) is 0. The van der Waals surface area contributed by atoms with Gasteiger partial charge in [-0.05, 0) is 17.7 Å². The topological polar surface area (TPSA) is 47.6 Å². The molecule has 0 aliphatic carbocycles. The normalized spacial score (nSPS) is 11.1. The Morgan fingerprint density at radius 2 is 1.94 bits per heavy atom. The minimum atomic E-state index is -4.46. The van der Waals surface area contributed by atoms with Crippen LogP contribution in [0.15, 0.2) is 24.3 Å². The van der Waals surface area contributed by atoms with E-state index in [0.29, 0.717) is 5.56 Å². The maximum Gasteiger partial charge on any atom is 0.416 e. The van der Waals surface area contributed by atoms with Gasteiger partial charge in [0.1, 0.15) is 0 Å². The van der Waals surface area contributed by atoms with Gasteiger partial charge in [-0.2, -0.15) is 23.7 Å². The van der Waals surface area contributed by atoms with E-state index in [1.807, 2.05) is 6.07 Å². The first kappa shape index (κ1) is 12.8. The lowest BCUT2D eigenvalue weighted by Crippen LogP contribution is -2.05. The molecule has 0 amide bonds. The van der Waals surface area contributed by atoms with Crippen molar-refractivity contribution in [1.82, 2.24) is 0 Å². The maximum atomic E-state index is 12.4. The molecule has 5 heteroatoms. The molecule has 86 valence electrons. The maximum absolute atomic E-state index is 12.4. The SMILES string of the molecule is N#CCC=Cc1ccc(C(F)(F)F)cc1C#N. The molecule has 0 saturated heterocycles. The first-order valence-corrected chi connectivity index (χ1v) is 4.64. The van der Waals surface area contributed by atoms with Crippen molar-refractivity contribution in [3.63, 3.8) is 0 Å². The van der Waals surface area contributed by atoms with Crippen molar-refractivity contribution < 1.29 is 13.2 Å². The third kappa shape index (κ3) is 3.35. The minimum Gasteiger partial charge on any atom is -0.198 e. The fourth-order valence-electron chi connectivity index (χ4n) is 1.21. The largest absolute Gasteiger partial charge is 0.416 e. The molecule has 2 nitrogen and oxygen atoms in total. The Hall–Kier alpha value is -2.27. The molecule has 0 aliphatic heterocycles. The fourth-order valence-corrected chi connectivity index (χ4v) is 1.21. The molecule has 0 unspecified atom stereocenters. The van der Waals surface area contributed by atoms with Crippen LogP contribution in [0.2, 0.25) is 0 Å². The number of nitrogens with zero attached hydrogens (tertiary/aromatic N) is 2. The zero-order valence-electron chi connectivity index (χ0n) is 8.62. The Labute approximate surface area is 96.2 Å². The number of benzene rings is 1. The molecule has 0 bridgehead atoms. The van der Waals surface area contributed by atoms with Gasteiger partial charge in [-0.15, -0.1) is 0 Å². The van der Waals surface area contributed by atoms with Crippen molar-refractivity contribution in [3.8, 4) is 12.1 Å². The first-order valence-electron chi connectivity index (χ1n) is 4.64. The first-order chi connectivity index (χ1) is 7.99. The summed E-state index contributed by atoms with van der Waals surface area (Å²) in [6.07, 6.45) is -1.36. The van der Waals surface area contributed by atoms with E-state index in [4.69, 9.17) is 10.5 Å². The predicted molar refractivity (Wildman–Crippen MR) is 55.4 cm³/mol. The van der Waals surface area contributed by atoms with Gasteiger partial charge in [0.2, 0.25) is 0 Å². The molecule has 0 saturated carbocycles. The Bertz CT molecular complexity index is 516. The summed E-state index contributed by atoms with van der Waals surface area (Å²) < 4.78 is 37.1. The molecule has 0 radical (unpaired) electrons. The van der Waals surface area contributed by atoms with E-state index in [0.717, 1.165) is 12.1 Å². The lowest BCUT2D eigenvalue weighted by Gasteiger charge is -2.07. The number of hydrogen-bond donors (Lipinski definition) is 0. The van der Waals surface area contributed by atoms with Crippen LogP contribution in [0.1, 0.15) is 23.1 Å². The van der Waals surface area contributed by atoms with Crippen molar-refractivity contribution in [3.05, 3.63) is 41.0 Å². The number of nitriles is 2. The molecule has 0 fully saturated rings. The van der Waals surface area contributed by atoms with Gasteiger partial charge in [-0.3, -0.25) is 0 Å². The summed E-state index contributed by atoms with van der Waals surface area (Å²) >= 11 is 0. The summed E-state index contributed by atoms with van der Waals surface area (Å²) in [7, 11) is 0. The Morgan fingerprint density at radius 3 is 2.47 bits per heavy atom. The third-order valence-corrected chi connectivity index (χ3v) is 2.01. The van der Waals surface area contributed by atoms with E-state index in [-0.39, 0.29) is 12.0 Å². The molecule has 0 aliphatic rings. The highest BCUT2D eigenvalue weighted by Gasteiger charge is 2.30. The van der Waals surface area contributed by atoms with Crippen molar-refractivity contribution in [1.29, 1.82) is 10.5 Å². The zero-order chi connectivity index (χ0) is 12.9. The monoisotopic (exact) mass is 236 g/mol. The highest BCUT2D eigenvalue weighted by molar-refractivity contribution is 5.59. The molecular formula is C12H7F3N2. The zero-order valence-corrected chi connectivity index (χ0v) is 8.62. The Balaban J connectivity index is 3.12. The fraction of sp³-hybridized carbons (Fsp3) is 0.167. The third-order valence-electron chi connectivity index (χ3n) is 2.01. The average Bonchev–Trinajstić information content (AvgIpc) is 2.28. The molecule has 17 heavy (non-hydrogen) atoms. The molecule has 0 atom stereocenters. The molecule has 0 N–H and O–H groups in total. The predicted octanol–water partition coefficient (Wildman–Crippen LogP) is 3.50. The van der Waals surface area contributed by atoms with Crippen LogP contribution in [-0.4, -0.2) is 0 Å². The number of rotatable bonds is 2. The van der Waals surface area contributed by atoms with Crippen molar-refractivity contribution >= 4 is 6.08 Å². The van der Waals surface area contributed by atoms with Crippen LogP contribution < -0.4 is 0 Å². The molecule has 1 rings (SSSR count). The second kappa shape index (κ2) is 5.18. The highest BCUT2D eigenvalue weighted by atomic mass is 19.4. The van der Waals surface area contributed by atoms with Crippen LogP contribution in [0.25, 0.3) is 6.08 Å². The summed E-state index contributed by atoms with van der Waals surface area (Å²) in [6, 6.07) is 6.49. The smallest absolute Gasteiger partial charge is 0.198 e. The van der Waals surface area contributed by atoms with Crippen LogP contribution in [0, 0.1) is 22.7 Å². The van der Waals surface area contributed by atoms with Gasteiger partial charge in [0.25, 0.3) is 0 Å². The van der Waals surface area contributed by atoms with Crippen LogP contribution in [0.5, 0.6) is 0 Å². The van der Waals surface area contributed by atoms with Crippen molar-refractivity contribution in [2.75, 3.05) is 0 Å². The van der Waals surface area contributed by atoms with E-state index in [2.05, 4.69) is 0 Å². The Morgan fingerprint density at radius 1 is 1.24 bits per heavy atom. The summed E-state index contributed by atoms with van der Waals surface area (Å²) in [6.45, 7) is 0. The lowest BCUT2D eigenvalue weighted by atomic mass is 10.0. The van der Waals surface area contributed by atoms with Crippen molar-refractivity contribution in [2.45, 2.75) is 12.6 Å². The van der Waals surface area contributed by atoms with Gasteiger partial charge in [-0.25, -0.2) is 0 Å². The van der Waals surface area contributed by atoms with Crippen LogP contribution in [0.3, 0.4) is 0 Å². The second-order valence-corrected chi connectivity index (χ2v) is 3.18. The van der Waals surface area contributed by atoms with Crippen LogP contribution in [0.4, 0.5) is 13.2 Å². The lowest BCUT2D eigenvalue weighted by molar-refractivity contribution is -0.137. The molecule has 0 aromatic heterocycles. The van der Waals surface area contributed by atoms with E-state index in [9.17, 15) is 13.2 Å². The summed E-state index contributed by atoms with van der Waals surface area (Å²) in [5, 5.41) is 17.1. The van der Waals surface area contributed by atoms with Gasteiger partial charge in [-0.1, -0.05) is 18.2 Å². The van der Waals surface area contributed by atoms with E-state index in [1.54, 1.807) is 6.07 Å². The minimum absolute atomic E-state index is 0.0611. The molecule has 0 spiro atoms. The summed E-state index contributed by atoms with van der Waals surface area (Å²) in [5.74, 6) is 0. The standard InChI is InChI=1S/C12H7F3N2/c13-12(14,15)11-5-4-9(3-1-2-6-16)10(7-11)8-17/h1,3-5,7H,2H2.